The maximum absolute atomic E-state index is 12.0. The number of carbonyl (C=O) groups excluding carboxylic acids is 1. The number of nitrogens with one attached hydrogen (secondary N) is 1. The summed E-state index contributed by atoms with van der Waals surface area (Å²) in [6.45, 7) is 3.51. The molecule has 26 heavy (non-hydrogen) atoms. The van der Waals surface area contributed by atoms with Crippen LogP contribution in [0.25, 0.3) is 11.1 Å². The van der Waals surface area contributed by atoms with Crippen molar-refractivity contribution in [1.82, 2.24) is 4.72 Å². The summed E-state index contributed by atoms with van der Waals surface area (Å²) in [7, 11) is -3.46. The van der Waals surface area contributed by atoms with Gasteiger partial charge in [0.2, 0.25) is 10.0 Å². The number of rotatable bonds is 9. The number of hydrogen-bond donors (Lipinski definition) is 1. The highest BCUT2D eigenvalue weighted by Gasteiger charge is 2.21. The molecule has 0 radical (unpaired) electrons. The maximum atomic E-state index is 12.0. The molecule has 2 aromatic rings. The van der Waals surface area contributed by atoms with Crippen molar-refractivity contribution in [2.24, 2.45) is 0 Å². The molecule has 0 unspecified atom stereocenters. The highest BCUT2D eigenvalue weighted by atomic mass is 32.2. The molecule has 0 fully saturated rings. The molecule has 0 spiro atoms. The Morgan fingerprint density at radius 3 is 2.27 bits per heavy atom. The van der Waals surface area contributed by atoms with E-state index >= 15 is 0 Å². The van der Waals surface area contributed by atoms with Crippen molar-refractivity contribution in [3.63, 3.8) is 0 Å². The summed E-state index contributed by atoms with van der Waals surface area (Å²) >= 11 is 0. The Kier molecular flexibility index (Phi) is 7.36. The number of hydrogen-bond acceptors (Lipinski definition) is 4. The van der Waals surface area contributed by atoms with Crippen molar-refractivity contribution >= 4 is 16.0 Å². The molecule has 1 atom stereocenters. The minimum absolute atomic E-state index is 0.0159. The lowest BCUT2D eigenvalue weighted by molar-refractivity contribution is -0.146. The SMILES string of the molecule is CCCCS(=O)(=O)N[C@@H](C)C(=O)OCc1ccc(-c2ccccc2)cc1. The molecule has 2 rings (SSSR count). The Morgan fingerprint density at radius 2 is 1.65 bits per heavy atom. The molecule has 5 nitrogen and oxygen atoms in total. The average molecular weight is 375 g/mol. The second-order valence-electron chi connectivity index (χ2n) is 6.18. The van der Waals surface area contributed by atoms with Crippen LogP contribution in [0.15, 0.2) is 54.6 Å². The van der Waals surface area contributed by atoms with Gasteiger partial charge >= 0.3 is 5.97 Å². The molecule has 0 aliphatic carbocycles. The first kappa shape index (κ1) is 20.1. The standard InChI is InChI=1S/C20H25NO4S/c1-3-4-14-26(23,24)21-16(2)20(22)25-15-17-10-12-19(13-11-17)18-8-6-5-7-9-18/h5-13,16,21H,3-4,14-15H2,1-2H3/t16-/m0/s1. The van der Waals surface area contributed by atoms with E-state index in [1.807, 2.05) is 61.5 Å². The zero-order chi connectivity index (χ0) is 19.0. The van der Waals surface area contributed by atoms with E-state index < -0.39 is 22.0 Å². The molecule has 1 N–H and O–H groups in total. The van der Waals surface area contributed by atoms with E-state index in [0.29, 0.717) is 6.42 Å². The van der Waals surface area contributed by atoms with E-state index in [-0.39, 0.29) is 12.4 Å². The summed E-state index contributed by atoms with van der Waals surface area (Å²) in [4.78, 5) is 12.0. The lowest BCUT2D eigenvalue weighted by Gasteiger charge is -2.14. The van der Waals surface area contributed by atoms with Crippen molar-refractivity contribution in [3.8, 4) is 11.1 Å². The van der Waals surface area contributed by atoms with Gasteiger partial charge in [-0.1, -0.05) is 67.9 Å². The van der Waals surface area contributed by atoms with Crippen molar-refractivity contribution in [1.29, 1.82) is 0 Å². The Morgan fingerprint density at radius 1 is 1.04 bits per heavy atom. The van der Waals surface area contributed by atoms with Crippen LogP contribution >= 0.6 is 0 Å². The highest BCUT2D eigenvalue weighted by molar-refractivity contribution is 7.89. The monoisotopic (exact) mass is 375 g/mol. The van der Waals surface area contributed by atoms with Crippen molar-refractivity contribution < 1.29 is 17.9 Å². The topological polar surface area (TPSA) is 72.5 Å². The van der Waals surface area contributed by atoms with Gasteiger partial charge in [0, 0.05) is 0 Å². The lowest BCUT2D eigenvalue weighted by atomic mass is 10.0. The van der Waals surface area contributed by atoms with Gasteiger partial charge in [-0.2, -0.15) is 0 Å². The molecule has 0 heterocycles. The van der Waals surface area contributed by atoms with Crippen LogP contribution < -0.4 is 4.72 Å². The second-order valence-corrected chi connectivity index (χ2v) is 8.06. The largest absolute Gasteiger partial charge is 0.460 e. The molecule has 0 amide bonds. The van der Waals surface area contributed by atoms with E-state index in [2.05, 4.69) is 4.72 Å². The first-order valence-corrected chi connectivity index (χ1v) is 10.4. The Bertz CT molecular complexity index is 801. The van der Waals surface area contributed by atoms with E-state index in [1.54, 1.807) is 0 Å². The third-order valence-corrected chi connectivity index (χ3v) is 5.46. The molecule has 6 heteroatoms. The fourth-order valence-corrected chi connectivity index (χ4v) is 3.84. The molecule has 0 saturated carbocycles. The molecule has 0 aliphatic heterocycles. The van der Waals surface area contributed by atoms with E-state index in [1.165, 1.54) is 6.92 Å². The van der Waals surface area contributed by atoms with Crippen LogP contribution in [0, 0.1) is 0 Å². The number of benzene rings is 2. The summed E-state index contributed by atoms with van der Waals surface area (Å²) in [5, 5.41) is 0. The van der Waals surface area contributed by atoms with Crippen molar-refractivity contribution in [2.45, 2.75) is 39.3 Å². The number of carbonyl (C=O) groups is 1. The Labute approximate surface area is 155 Å². The Balaban J connectivity index is 1.87. The van der Waals surface area contributed by atoms with Crippen LogP contribution in [0.1, 0.15) is 32.3 Å². The third kappa shape index (κ3) is 6.28. The van der Waals surface area contributed by atoms with Gasteiger partial charge in [0.15, 0.2) is 0 Å². The van der Waals surface area contributed by atoms with Crippen LogP contribution in [-0.4, -0.2) is 26.2 Å². The summed E-state index contributed by atoms with van der Waals surface area (Å²) < 4.78 is 31.2. The molecule has 0 saturated heterocycles. The predicted octanol–water partition coefficient (Wildman–Crippen LogP) is 3.50. The molecular formula is C20H25NO4S. The Hall–Kier alpha value is -2.18. The van der Waals surface area contributed by atoms with E-state index in [9.17, 15) is 13.2 Å². The minimum Gasteiger partial charge on any atom is -0.460 e. The van der Waals surface area contributed by atoms with Gasteiger partial charge < -0.3 is 4.74 Å². The number of ether oxygens (including phenoxy) is 1. The normalized spacial score (nSPS) is 12.5. The van der Waals surface area contributed by atoms with Crippen LogP contribution in [-0.2, 0) is 26.2 Å². The van der Waals surface area contributed by atoms with Crippen molar-refractivity contribution in [3.05, 3.63) is 60.2 Å². The van der Waals surface area contributed by atoms with Gasteiger partial charge in [-0.15, -0.1) is 0 Å². The molecule has 140 valence electrons. The number of esters is 1. The van der Waals surface area contributed by atoms with Gasteiger partial charge in [-0.05, 0) is 30.0 Å². The molecule has 2 aromatic carbocycles. The number of sulfonamides is 1. The zero-order valence-electron chi connectivity index (χ0n) is 15.1. The lowest BCUT2D eigenvalue weighted by Crippen LogP contribution is -2.40. The summed E-state index contributed by atoms with van der Waals surface area (Å²) in [5.74, 6) is -0.570. The van der Waals surface area contributed by atoms with E-state index in [4.69, 9.17) is 4.74 Å². The third-order valence-electron chi connectivity index (χ3n) is 3.92. The first-order valence-electron chi connectivity index (χ1n) is 8.72. The van der Waals surface area contributed by atoms with Gasteiger partial charge in [0.1, 0.15) is 12.6 Å². The average Bonchev–Trinajstić information content (AvgIpc) is 2.65. The van der Waals surface area contributed by atoms with Crippen LogP contribution in [0.3, 0.4) is 0 Å². The van der Waals surface area contributed by atoms with Gasteiger partial charge in [0.25, 0.3) is 0 Å². The molecular weight excluding hydrogens is 350 g/mol. The molecule has 0 aliphatic rings. The van der Waals surface area contributed by atoms with Gasteiger partial charge in [0.05, 0.1) is 5.75 Å². The number of unbranched alkanes of at least 4 members (excludes halogenated alkanes) is 1. The fourth-order valence-electron chi connectivity index (χ4n) is 2.41. The minimum atomic E-state index is -3.46. The quantitative estimate of drug-likeness (QED) is 0.681. The smallest absolute Gasteiger partial charge is 0.324 e. The zero-order valence-corrected chi connectivity index (χ0v) is 16.0. The summed E-state index contributed by atoms with van der Waals surface area (Å²) in [6, 6.07) is 16.8. The van der Waals surface area contributed by atoms with E-state index in [0.717, 1.165) is 23.1 Å². The molecule has 0 bridgehead atoms. The van der Waals surface area contributed by atoms with Crippen molar-refractivity contribution in [2.75, 3.05) is 5.75 Å². The summed E-state index contributed by atoms with van der Waals surface area (Å²) in [5.41, 5.74) is 3.04. The molecule has 0 aromatic heterocycles. The first-order chi connectivity index (χ1) is 12.4. The van der Waals surface area contributed by atoms with Gasteiger partial charge in [-0.3, -0.25) is 4.79 Å². The maximum Gasteiger partial charge on any atom is 0.324 e. The summed E-state index contributed by atoms with van der Waals surface area (Å²) in [6.07, 6.45) is 1.34. The fraction of sp³-hybridized carbons (Fsp3) is 0.350. The van der Waals surface area contributed by atoms with Crippen LogP contribution in [0.2, 0.25) is 0 Å². The van der Waals surface area contributed by atoms with Gasteiger partial charge in [-0.25, -0.2) is 13.1 Å². The predicted molar refractivity (Wildman–Crippen MR) is 103 cm³/mol. The van der Waals surface area contributed by atoms with Crippen LogP contribution in [0.4, 0.5) is 0 Å². The van der Waals surface area contributed by atoms with Crippen LogP contribution in [0.5, 0.6) is 0 Å². The highest BCUT2D eigenvalue weighted by Crippen LogP contribution is 2.19. The second kappa shape index (κ2) is 9.50.